The summed E-state index contributed by atoms with van der Waals surface area (Å²) in [5.74, 6) is -0.977. The summed E-state index contributed by atoms with van der Waals surface area (Å²) < 4.78 is 15.6. The quantitative estimate of drug-likeness (QED) is 0.775. The lowest BCUT2D eigenvalue weighted by atomic mass is 10.2. The van der Waals surface area contributed by atoms with Crippen LogP contribution in [0.2, 0.25) is 5.02 Å². The number of benzene rings is 1. The van der Waals surface area contributed by atoms with Crippen molar-refractivity contribution in [1.82, 2.24) is 24.7 Å². The minimum atomic E-state index is -0.837. The highest BCUT2D eigenvalue weighted by molar-refractivity contribution is 6.30. The van der Waals surface area contributed by atoms with Crippen LogP contribution in [0.15, 0.2) is 41.3 Å². The number of halogens is 2. The summed E-state index contributed by atoms with van der Waals surface area (Å²) in [7, 11) is 0. The molecule has 0 saturated carbocycles. The average molecular weight is 350 g/mol. The van der Waals surface area contributed by atoms with Crippen LogP contribution >= 0.6 is 11.6 Å². The van der Waals surface area contributed by atoms with E-state index in [1.165, 1.54) is 18.3 Å². The molecule has 3 rings (SSSR count). The van der Waals surface area contributed by atoms with Gasteiger partial charge in [0.15, 0.2) is 5.65 Å². The third kappa shape index (κ3) is 3.00. The van der Waals surface area contributed by atoms with Crippen molar-refractivity contribution in [1.29, 1.82) is 0 Å². The van der Waals surface area contributed by atoms with Crippen LogP contribution in [0.4, 0.5) is 4.39 Å². The van der Waals surface area contributed by atoms with Crippen LogP contribution in [0.5, 0.6) is 0 Å². The van der Waals surface area contributed by atoms with Crippen LogP contribution in [-0.2, 0) is 11.3 Å². The number of hydrogen-bond acceptors (Lipinski definition) is 4. The normalized spacial score (nSPS) is 12.3. The van der Waals surface area contributed by atoms with E-state index in [1.807, 2.05) is 0 Å². The first-order chi connectivity index (χ1) is 11.5. The van der Waals surface area contributed by atoms with Gasteiger partial charge < -0.3 is 5.32 Å². The van der Waals surface area contributed by atoms with E-state index in [4.69, 9.17) is 11.6 Å². The van der Waals surface area contributed by atoms with Crippen molar-refractivity contribution in [3.63, 3.8) is 0 Å². The highest BCUT2D eigenvalue weighted by Gasteiger charge is 2.20. The number of nitrogens with zero attached hydrogens (tertiary/aromatic N) is 4. The second-order valence-electron chi connectivity index (χ2n) is 5.16. The maximum Gasteiger partial charge on any atom is 0.367 e. The monoisotopic (exact) mass is 349 g/mol. The second-order valence-corrected chi connectivity index (χ2v) is 5.57. The molecule has 0 spiro atoms. The number of carbonyl (C=O) groups excluding carboxylic acids is 1. The molecule has 0 radical (unpaired) electrons. The molecule has 3 aromatic rings. The van der Waals surface area contributed by atoms with Crippen molar-refractivity contribution in [3.8, 4) is 0 Å². The first-order valence-electron chi connectivity index (χ1n) is 7.11. The Morgan fingerprint density at radius 1 is 1.42 bits per heavy atom. The molecule has 0 saturated heterocycles. The van der Waals surface area contributed by atoms with E-state index in [2.05, 4.69) is 15.5 Å². The van der Waals surface area contributed by atoms with Crippen LogP contribution in [0, 0.1) is 5.82 Å². The standard InChI is InChI=1S/C15H13ClFN5O2/c1-9(21-15(24)22-13(20-21)3-2-6-19-22)14(23)18-8-10-4-5-11(16)12(17)7-10/h2-7,9H,8H2,1H3,(H,18,23)/t9-/m0/s1. The second kappa shape index (κ2) is 6.40. The molecule has 2 heterocycles. The van der Waals surface area contributed by atoms with Crippen molar-refractivity contribution < 1.29 is 9.18 Å². The Labute approximate surface area is 140 Å². The van der Waals surface area contributed by atoms with Gasteiger partial charge in [-0.2, -0.15) is 14.3 Å². The minimum absolute atomic E-state index is 0.0159. The Morgan fingerprint density at radius 2 is 2.21 bits per heavy atom. The molecule has 0 bridgehead atoms. The molecule has 2 aromatic heterocycles. The predicted molar refractivity (Wildman–Crippen MR) is 85.2 cm³/mol. The van der Waals surface area contributed by atoms with Gasteiger partial charge >= 0.3 is 5.69 Å². The highest BCUT2D eigenvalue weighted by Crippen LogP contribution is 2.15. The summed E-state index contributed by atoms with van der Waals surface area (Å²) in [6.45, 7) is 1.66. The number of amides is 1. The summed E-state index contributed by atoms with van der Waals surface area (Å²) in [5.41, 5.74) is 0.397. The maximum absolute atomic E-state index is 13.4. The van der Waals surface area contributed by atoms with Gasteiger partial charge in [-0.3, -0.25) is 4.79 Å². The zero-order valence-corrected chi connectivity index (χ0v) is 13.4. The third-order valence-corrected chi connectivity index (χ3v) is 3.82. The topological polar surface area (TPSA) is 81.3 Å². The Bertz CT molecular complexity index is 968. The van der Waals surface area contributed by atoms with Gasteiger partial charge in [0.1, 0.15) is 11.9 Å². The Hall–Kier alpha value is -2.74. The molecular weight excluding hydrogens is 337 g/mol. The molecule has 0 unspecified atom stereocenters. The molecular formula is C15H13ClFN5O2. The number of nitrogens with one attached hydrogen (secondary N) is 1. The Morgan fingerprint density at radius 3 is 2.92 bits per heavy atom. The van der Waals surface area contributed by atoms with Crippen molar-refractivity contribution in [2.75, 3.05) is 0 Å². The maximum atomic E-state index is 13.4. The van der Waals surface area contributed by atoms with E-state index in [-0.39, 0.29) is 11.6 Å². The van der Waals surface area contributed by atoms with Gasteiger partial charge in [-0.05, 0) is 36.8 Å². The van der Waals surface area contributed by atoms with Crippen molar-refractivity contribution in [2.45, 2.75) is 19.5 Å². The molecule has 0 aliphatic heterocycles. The van der Waals surface area contributed by atoms with Crippen molar-refractivity contribution >= 4 is 23.2 Å². The first kappa shape index (κ1) is 16.1. The summed E-state index contributed by atoms with van der Waals surface area (Å²) in [6, 6.07) is 6.69. The summed E-state index contributed by atoms with van der Waals surface area (Å²) in [4.78, 5) is 24.4. The smallest absolute Gasteiger partial charge is 0.350 e. The van der Waals surface area contributed by atoms with E-state index >= 15 is 0 Å². The van der Waals surface area contributed by atoms with Gasteiger partial charge in [0.05, 0.1) is 5.02 Å². The molecule has 0 aliphatic carbocycles. The fourth-order valence-electron chi connectivity index (χ4n) is 2.19. The Balaban J connectivity index is 1.75. The number of carbonyl (C=O) groups is 1. The van der Waals surface area contributed by atoms with E-state index < -0.39 is 23.5 Å². The predicted octanol–water partition coefficient (Wildman–Crippen LogP) is 1.56. The van der Waals surface area contributed by atoms with Crippen LogP contribution in [0.25, 0.3) is 5.65 Å². The molecule has 0 fully saturated rings. The summed E-state index contributed by atoms with van der Waals surface area (Å²) in [6.07, 6.45) is 1.46. The molecule has 24 heavy (non-hydrogen) atoms. The molecule has 1 amide bonds. The molecule has 1 aromatic carbocycles. The van der Waals surface area contributed by atoms with E-state index in [9.17, 15) is 14.0 Å². The molecule has 124 valence electrons. The third-order valence-electron chi connectivity index (χ3n) is 3.51. The van der Waals surface area contributed by atoms with Gasteiger partial charge in [-0.1, -0.05) is 17.7 Å². The molecule has 7 nitrogen and oxygen atoms in total. The SMILES string of the molecule is C[C@@H](C(=O)NCc1ccc(Cl)c(F)c1)n1nc2cccnn2c1=O. The van der Waals surface area contributed by atoms with Gasteiger partial charge in [-0.15, -0.1) is 5.10 Å². The molecule has 9 heteroatoms. The first-order valence-corrected chi connectivity index (χ1v) is 7.49. The van der Waals surface area contributed by atoms with Gasteiger partial charge in [-0.25, -0.2) is 9.18 Å². The van der Waals surface area contributed by atoms with Crippen LogP contribution in [-0.4, -0.2) is 25.3 Å². The number of aromatic nitrogens is 4. The van der Waals surface area contributed by atoms with E-state index in [0.29, 0.717) is 11.2 Å². The van der Waals surface area contributed by atoms with Crippen molar-refractivity contribution in [2.24, 2.45) is 0 Å². The molecule has 1 N–H and O–H groups in total. The number of fused-ring (bicyclic) bond motifs is 1. The highest BCUT2D eigenvalue weighted by atomic mass is 35.5. The minimum Gasteiger partial charge on any atom is -0.350 e. The van der Waals surface area contributed by atoms with Crippen LogP contribution in [0.1, 0.15) is 18.5 Å². The summed E-state index contributed by atoms with van der Waals surface area (Å²) >= 11 is 5.61. The number of rotatable bonds is 4. The van der Waals surface area contributed by atoms with Crippen LogP contribution < -0.4 is 11.0 Å². The lowest BCUT2D eigenvalue weighted by Gasteiger charge is -2.11. The lowest BCUT2D eigenvalue weighted by Crippen LogP contribution is -2.36. The van der Waals surface area contributed by atoms with Gasteiger partial charge in [0.2, 0.25) is 5.91 Å². The number of hydrogen-bond donors (Lipinski definition) is 1. The Kier molecular flexibility index (Phi) is 4.30. The van der Waals surface area contributed by atoms with E-state index in [1.54, 1.807) is 25.1 Å². The summed E-state index contributed by atoms with van der Waals surface area (Å²) in [5, 5.41) is 10.6. The molecule has 0 aliphatic rings. The zero-order valence-electron chi connectivity index (χ0n) is 12.6. The largest absolute Gasteiger partial charge is 0.367 e. The lowest BCUT2D eigenvalue weighted by molar-refractivity contribution is -0.124. The van der Waals surface area contributed by atoms with Crippen LogP contribution in [0.3, 0.4) is 0 Å². The molecule has 1 atom stereocenters. The van der Waals surface area contributed by atoms with Crippen molar-refractivity contribution in [3.05, 3.63) is 63.4 Å². The fraction of sp³-hybridized carbons (Fsp3) is 0.200. The average Bonchev–Trinajstić information content (AvgIpc) is 2.92. The van der Waals surface area contributed by atoms with E-state index in [0.717, 1.165) is 9.20 Å². The fourth-order valence-corrected chi connectivity index (χ4v) is 2.30. The van der Waals surface area contributed by atoms with Gasteiger partial charge in [0, 0.05) is 12.7 Å². The zero-order chi connectivity index (χ0) is 17.3. The van der Waals surface area contributed by atoms with Gasteiger partial charge in [0.25, 0.3) is 0 Å².